The van der Waals surface area contributed by atoms with Crippen LogP contribution in [0.5, 0.6) is 0 Å². The highest BCUT2D eigenvalue weighted by molar-refractivity contribution is 5.72. The summed E-state index contributed by atoms with van der Waals surface area (Å²) in [6, 6.07) is 3.81. The Morgan fingerprint density at radius 3 is 2.11 bits per heavy atom. The van der Waals surface area contributed by atoms with Crippen LogP contribution in [0.2, 0.25) is 0 Å². The first kappa shape index (κ1) is 18.6. The third-order valence-corrected chi connectivity index (χ3v) is 2.14. The van der Waals surface area contributed by atoms with Crippen LogP contribution in [-0.4, -0.2) is 32.6 Å². The SMILES string of the molecule is O.[Cl-].[NH3+][C@@H](C(=O)O)[C@@H](O)c1ccc([N+](=O)[O-])cc1. The van der Waals surface area contributed by atoms with Crippen LogP contribution in [0.15, 0.2) is 24.3 Å². The van der Waals surface area contributed by atoms with Crippen LogP contribution in [0, 0.1) is 10.1 Å². The van der Waals surface area contributed by atoms with Gasteiger partial charge in [0.1, 0.15) is 6.10 Å². The van der Waals surface area contributed by atoms with Crippen molar-refractivity contribution in [3.8, 4) is 0 Å². The maximum Gasteiger partial charge on any atom is 0.365 e. The molecule has 0 amide bonds. The highest BCUT2D eigenvalue weighted by Gasteiger charge is 2.27. The van der Waals surface area contributed by atoms with Crippen LogP contribution in [-0.2, 0) is 4.79 Å². The molecule has 0 radical (unpaired) electrons. The summed E-state index contributed by atoms with van der Waals surface area (Å²) in [5.41, 5.74) is 3.45. The summed E-state index contributed by atoms with van der Waals surface area (Å²) < 4.78 is 0. The van der Waals surface area contributed by atoms with Crippen LogP contribution in [0.3, 0.4) is 0 Å². The zero-order chi connectivity index (χ0) is 12.3. The van der Waals surface area contributed by atoms with Gasteiger partial charge in [0.05, 0.1) is 4.92 Å². The Morgan fingerprint density at radius 1 is 1.33 bits per heavy atom. The molecule has 0 spiro atoms. The lowest BCUT2D eigenvalue weighted by Crippen LogP contribution is -3.00. The number of carboxylic acid groups (broad SMARTS) is 1. The maximum atomic E-state index is 10.6. The maximum absolute atomic E-state index is 10.6. The fourth-order valence-electron chi connectivity index (χ4n) is 1.16. The number of nitro benzene ring substituents is 1. The van der Waals surface area contributed by atoms with E-state index in [1.54, 1.807) is 0 Å². The molecule has 0 fully saturated rings. The topological polar surface area (TPSA) is 160 Å². The van der Waals surface area contributed by atoms with Crippen molar-refractivity contribution in [2.75, 3.05) is 0 Å². The van der Waals surface area contributed by atoms with E-state index in [1.807, 2.05) is 0 Å². The number of carbonyl (C=O) groups is 1. The molecule has 1 rings (SSSR count). The van der Waals surface area contributed by atoms with Gasteiger partial charge in [-0.05, 0) is 17.7 Å². The van der Waals surface area contributed by atoms with E-state index in [0.29, 0.717) is 0 Å². The van der Waals surface area contributed by atoms with Crippen LogP contribution in [0.1, 0.15) is 11.7 Å². The summed E-state index contributed by atoms with van der Waals surface area (Å²) >= 11 is 0. The molecule has 0 heterocycles. The van der Waals surface area contributed by atoms with Gasteiger partial charge >= 0.3 is 5.97 Å². The quantitative estimate of drug-likeness (QED) is 0.374. The van der Waals surface area contributed by atoms with Crippen molar-refractivity contribution < 1.29 is 43.5 Å². The summed E-state index contributed by atoms with van der Waals surface area (Å²) in [6.45, 7) is 0. The third-order valence-electron chi connectivity index (χ3n) is 2.14. The van der Waals surface area contributed by atoms with Crippen LogP contribution < -0.4 is 18.1 Å². The molecule has 1 aromatic carbocycles. The second kappa shape index (κ2) is 7.56. The molecule has 8 nitrogen and oxygen atoms in total. The minimum atomic E-state index is -1.28. The number of benzene rings is 1. The lowest BCUT2D eigenvalue weighted by molar-refractivity contribution is -0.426. The van der Waals surface area contributed by atoms with Gasteiger partial charge < -0.3 is 33.8 Å². The molecule has 0 saturated heterocycles. The van der Waals surface area contributed by atoms with E-state index in [0.717, 1.165) is 0 Å². The Morgan fingerprint density at radius 2 is 1.78 bits per heavy atom. The van der Waals surface area contributed by atoms with E-state index < -0.39 is 23.0 Å². The van der Waals surface area contributed by atoms with Crippen molar-refractivity contribution in [1.82, 2.24) is 0 Å². The van der Waals surface area contributed by atoms with Gasteiger partial charge in [0.15, 0.2) is 0 Å². The second-order valence-corrected chi connectivity index (χ2v) is 3.24. The van der Waals surface area contributed by atoms with Crippen molar-refractivity contribution in [2.45, 2.75) is 12.1 Å². The number of aliphatic hydroxyl groups is 1. The lowest BCUT2D eigenvalue weighted by Gasteiger charge is -2.11. The van der Waals surface area contributed by atoms with E-state index in [9.17, 15) is 20.0 Å². The van der Waals surface area contributed by atoms with Crippen molar-refractivity contribution in [3.05, 3.63) is 39.9 Å². The lowest BCUT2D eigenvalue weighted by atomic mass is 10.0. The Balaban J connectivity index is 0. The summed E-state index contributed by atoms with van der Waals surface area (Å²) in [7, 11) is 0. The molecule has 0 unspecified atom stereocenters. The number of carboxylic acids is 1. The standard InChI is InChI=1S/C9H10N2O5.ClH.H2O/c10-7(9(13)14)8(12)5-1-3-6(4-2-5)11(15)16;;/h1-4,7-8,12H,10H2,(H,13,14);1H;1H2/t7-,8+;;/m1../s1. The Kier molecular flexibility index (Phi) is 7.82. The molecule has 9 heteroatoms. The van der Waals surface area contributed by atoms with Crippen molar-refractivity contribution in [1.29, 1.82) is 0 Å². The Labute approximate surface area is 108 Å². The first-order valence-corrected chi connectivity index (χ1v) is 4.41. The van der Waals surface area contributed by atoms with Gasteiger partial charge in [-0.15, -0.1) is 0 Å². The number of halogens is 1. The van der Waals surface area contributed by atoms with Gasteiger partial charge in [0, 0.05) is 12.1 Å². The monoisotopic (exact) mass is 280 g/mol. The number of nitrogens with zero attached hydrogens (tertiary/aromatic N) is 1. The number of aliphatic carboxylic acids is 1. The minimum Gasteiger partial charge on any atom is -1.00 e. The fraction of sp³-hybridized carbons (Fsp3) is 0.222. The summed E-state index contributed by atoms with van der Waals surface area (Å²) in [5, 5.41) is 28.6. The van der Waals surface area contributed by atoms with Gasteiger partial charge in [-0.1, -0.05) is 0 Å². The number of nitro groups is 1. The molecule has 0 aliphatic carbocycles. The molecular weight excluding hydrogens is 268 g/mol. The van der Waals surface area contributed by atoms with E-state index in [4.69, 9.17) is 5.11 Å². The van der Waals surface area contributed by atoms with E-state index in [-0.39, 0.29) is 29.1 Å². The average molecular weight is 281 g/mol. The van der Waals surface area contributed by atoms with Crippen molar-refractivity contribution in [3.63, 3.8) is 0 Å². The smallest absolute Gasteiger partial charge is 0.365 e. The van der Waals surface area contributed by atoms with E-state index >= 15 is 0 Å². The molecule has 0 aliphatic rings. The molecule has 0 aromatic heterocycles. The fourth-order valence-corrected chi connectivity index (χ4v) is 1.16. The normalized spacial score (nSPS) is 12.6. The number of quaternary nitrogens is 1. The molecule has 2 atom stereocenters. The largest absolute Gasteiger partial charge is 1.00 e. The van der Waals surface area contributed by atoms with Crippen molar-refractivity contribution >= 4 is 11.7 Å². The average Bonchev–Trinajstić information content (AvgIpc) is 2.27. The highest BCUT2D eigenvalue weighted by Crippen LogP contribution is 2.18. The van der Waals surface area contributed by atoms with Gasteiger partial charge in [0.2, 0.25) is 6.04 Å². The number of hydrogen-bond acceptors (Lipinski definition) is 4. The molecule has 102 valence electrons. The summed E-state index contributed by atoms with van der Waals surface area (Å²) in [5.74, 6) is -1.23. The van der Waals surface area contributed by atoms with Crippen LogP contribution in [0.4, 0.5) is 5.69 Å². The number of non-ortho nitro benzene ring substituents is 1. The zero-order valence-electron chi connectivity index (χ0n) is 9.12. The third kappa shape index (κ3) is 4.26. The predicted octanol–water partition coefficient (Wildman–Crippen LogP) is -4.50. The molecule has 1 aromatic rings. The van der Waals surface area contributed by atoms with Gasteiger partial charge in [0.25, 0.3) is 5.69 Å². The molecule has 0 saturated carbocycles. The molecule has 18 heavy (non-hydrogen) atoms. The molecule has 0 aliphatic heterocycles. The van der Waals surface area contributed by atoms with Crippen molar-refractivity contribution in [2.24, 2.45) is 0 Å². The molecular formula is C9H13ClN2O6. The Bertz CT molecular complexity index is 410. The van der Waals surface area contributed by atoms with Gasteiger partial charge in [-0.25, -0.2) is 4.79 Å². The van der Waals surface area contributed by atoms with E-state index in [2.05, 4.69) is 5.73 Å². The van der Waals surface area contributed by atoms with Gasteiger partial charge in [-0.2, -0.15) is 0 Å². The highest BCUT2D eigenvalue weighted by atomic mass is 35.5. The Hall–Kier alpha value is -1.74. The minimum absolute atomic E-state index is 0. The number of aliphatic hydroxyl groups excluding tert-OH is 1. The first-order chi connectivity index (χ1) is 7.43. The summed E-state index contributed by atoms with van der Waals surface area (Å²) in [6.07, 6.45) is -1.28. The molecule has 7 N–H and O–H groups in total. The number of rotatable bonds is 4. The summed E-state index contributed by atoms with van der Waals surface area (Å²) in [4.78, 5) is 20.3. The van der Waals surface area contributed by atoms with Crippen LogP contribution >= 0.6 is 0 Å². The predicted molar refractivity (Wildman–Crippen MR) is 56.0 cm³/mol. The van der Waals surface area contributed by atoms with E-state index in [1.165, 1.54) is 24.3 Å². The number of hydrogen-bond donors (Lipinski definition) is 3. The molecule has 0 bridgehead atoms. The second-order valence-electron chi connectivity index (χ2n) is 3.24. The zero-order valence-corrected chi connectivity index (χ0v) is 9.87. The first-order valence-electron chi connectivity index (χ1n) is 4.41. The van der Waals surface area contributed by atoms with Crippen LogP contribution in [0.25, 0.3) is 0 Å². The van der Waals surface area contributed by atoms with Gasteiger partial charge in [-0.3, -0.25) is 10.1 Å².